The lowest BCUT2D eigenvalue weighted by Gasteiger charge is -2.12. The van der Waals surface area contributed by atoms with Gasteiger partial charge in [-0.2, -0.15) is 11.3 Å². The van der Waals surface area contributed by atoms with E-state index in [0.29, 0.717) is 13.2 Å². The number of amides is 2. The fraction of sp³-hybridized carbons (Fsp3) is 0.615. The van der Waals surface area contributed by atoms with Crippen LogP contribution in [0, 0.1) is 0 Å². The number of aliphatic hydroxyl groups excluding tert-OH is 1. The summed E-state index contributed by atoms with van der Waals surface area (Å²) in [5, 5.41) is 18.9. The third-order valence-corrected chi connectivity index (χ3v) is 3.14. The molecule has 1 aromatic rings. The minimum absolute atomic E-state index is 0.213. The van der Waals surface area contributed by atoms with Crippen molar-refractivity contribution in [2.75, 3.05) is 19.7 Å². The number of ether oxygens (including phenoxy) is 1. The molecule has 1 heterocycles. The largest absolute Gasteiger partial charge is 0.387 e. The molecule has 1 rings (SSSR count). The number of rotatable bonds is 8. The quantitative estimate of drug-likeness (QED) is 0.639. The Kier molecular flexibility index (Phi) is 7.47. The van der Waals surface area contributed by atoms with Gasteiger partial charge in [0.15, 0.2) is 0 Å². The van der Waals surface area contributed by atoms with Gasteiger partial charge in [-0.05, 0) is 42.7 Å². The molecule has 2 amide bonds. The predicted molar refractivity (Wildman–Crippen MR) is 76.4 cm³/mol. The Bertz CT molecular complexity index is 355. The Balaban J connectivity index is 2.05. The summed E-state index contributed by atoms with van der Waals surface area (Å²) in [5.74, 6) is 0. The molecule has 108 valence electrons. The summed E-state index contributed by atoms with van der Waals surface area (Å²) < 4.78 is 5.36. The Morgan fingerprint density at radius 1 is 1.47 bits per heavy atom. The van der Waals surface area contributed by atoms with E-state index in [9.17, 15) is 9.90 Å². The van der Waals surface area contributed by atoms with Crippen molar-refractivity contribution >= 4 is 17.4 Å². The van der Waals surface area contributed by atoms with Crippen LogP contribution in [0.5, 0.6) is 0 Å². The fourth-order valence-electron chi connectivity index (χ4n) is 1.43. The van der Waals surface area contributed by atoms with Crippen molar-refractivity contribution in [3.8, 4) is 0 Å². The normalized spacial score (nSPS) is 12.4. The van der Waals surface area contributed by atoms with Crippen molar-refractivity contribution in [1.29, 1.82) is 0 Å². The number of aliphatic hydroxyl groups is 1. The van der Waals surface area contributed by atoms with E-state index in [2.05, 4.69) is 10.6 Å². The first-order valence-electron chi connectivity index (χ1n) is 6.43. The molecule has 0 aliphatic rings. The van der Waals surface area contributed by atoms with Gasteiger partial charge in [-0.1, -0.05) is 0 Å². The van der Waals surface area contributed by atoms with Crippen LogP contribution in [0.1, 0.15) is 31.9 Å². The predicted octanol–water partition coefficient (Wildman–Crippen LogP) is 1.90. The second-order valence-electron chi connectivity index (χ2n) is 4.48. The molecule has 5 nitrogen and oxygen atoms in total. The molecule has 1 unspecified atom stereocenters. The Hall–Kier alpha value is -1.11. The van der Waals surface area contributed by atoms with Gasteiger partial charge in [-0.3, -0.25) is 0 Å². The van der Waals surface area contributed by atoms with E-state index in [1.54, 1.807) is 0 Å². The smallest absolute Gasteiger partial charge is 0.314 e. The zero-order chi connectivity index (χ0) is 14.1. The average Bonchev–Trinajstić information content (AvgIpc) is 2.89. The molecule has 19 heavy (non-hydrogen) atoms. The zero-order valence-corrected chi connectivity index (χ0v) is 12.2. The van der Waals surface area contributed by atoms with E-state index < -0.39 is 6.10 Å². The van der Waals surface area contributed by atoms with Crippen molar-refractivity contribution in [3.63, 3.8) is 0 Å². The third kappa shape index (κ3) is 7.15. The van der Waals surface area contributed by atoms with Gasteiger partial charge in [-0.15, -0.1) is 0 Å². The Labute approximate surface area is 118 Å². The van der Waals surface area contributed by atoms with Crippen LogP contribution in [0.4, 0.5) is 4.79 Å². The van der Waals surface area contributed by atoms with Gasteiger partial charge < -0.3 is 20.5 Å². The minimum atomic E-state index is -0.652. The molecule has 1 aromatic heterocycles. The lowest BCUT2D eigenvalue weighted by molar-refractivity contribution is 0.0774. The van der Waals surface area contributed by atoms with Crippen LogP contribution in [0.3, 0.4) is 0 Å². The number of hydrogen-bond donors (Lipinski definition) is 3. The number of hydrogen-bond acceptors (Lipinski definition) is 4. The van der Waals surface area contributed by atoms with E-state index in [1.165, 1.54) is 11.3 Å². The highest BCUT2D eigenvalue weighted by atomic mass is 32.1. The molecule has 1 atom stereocenters. The number of thiophene rings is 1. The molecule has 0 aromatic carbocycles. The first-order chi connectivity index (χ1) is 9.09. The van der Waals surface area contributed by atoms with E-state index in [0.717, 1.165) is 12.0 Å². The standard InChI is InChI=1S/C13H22N2O3S/c1-10(2)18-6-3-5-14-13(17)15-8-12(16)11-4-7-19-9-11/h4,7,9-10,12,16H,3,5-6,8H2,1-2H3,(H2,14,15,17). The molecule has 3 N–H and O–H groups in total. The molecule has 0 saturated carbocycles. The summed E-state index contributed by atoms with van der Waals surface area (Å²) in [6.45, 7) is 5.37. The average molecular weight is 286 g/mol. The van der Waals surface area contributed by atoms with Crippen molar-refractivity contribution in [3.05, 3.63) is 22.4 Å². The van der Waals surface area contributed by atoms with Crippen molar-refractivity contribution < 1.29 is 14.6 Å². The van der Waals surface area contributed by atoms with Gasteiger partial charge in [0, 0.05) is 19.7 Å². The Morgan fingerprint density at radius 2 is 2.26 bits per heavy atom. The highest BCUT2D eigenvalue weighted by Crippen LogP contribution is 2.14. The van der Waals surface area contributed by atoms with E-state index in [4.69, 9.17) is 4.74 Å². The highest BCUT2D eigenvalue weighted by Gasteiger charge is 2.09. The van der Waals surface area contributed by atoms with Crippen molar-refractivity contribution in [2.45, 2.75) is 32.5 Å². The second-order valence-corrected chi connectivity index (χ2v) is 5.26. The molecule has 6 heteroatoms. The molecule has 0 saturated heterocycles. The summed E-state index contributed by atoms with van der Waals surface area (Å²) in [6, 6.07) is 1.58. The first-order valence-corrected chi connectivity index (χ1v) is 7.37. The van der Waals surface area contributed by atoms with Crippen molar-refractivity contribution in [2.24, 2.45) is 0 Å². The molecule has 0 radical (unpaired) electrons. The molecule has 0 bridgehead atoms. The van der Waals surface area contributed by atoms with Crippen LogP contribution in [0.25, 0.3) is 0 Å². The summed E-state index contributed by atoms with van der Waals surface area (Å²) in [5.41, 5.74) is 0.829. The van der Waals surface area contributed by atoms with Crippen molar-refractivity contribution in [1.82, 2.24) is 10.6 Å². The summed E-state index contributed by atoms with van der Waals surface area (Å²) in [4.78, 5) is 11.4. The second kappa shape index (κ2) is 8.90. The Morgan fingerprint density at radius 3 is 2.89 bits per heavy atom. The van der Waals surface area contributed by atoms with E-state index in [1.807, 2.05) is 30.7 Å². The number of carbonyl (C=O) groups excluding carboxylic acids is 1. The number of nitrogens with one attached hydrogen (secondary N) is 2. The lowest BCUT2D eigenvalue weighted by atomic mass is 10.2. The maximum Gasteiger partial charge on any atom is 0.314 e. The lowest BCUT2D eigenvalue weighted by Crippen LogP contribution is -2.38. The van der Waals surface area contributed by atoms with Gasteiger partial charge in [0.2, 0.25) is 0 Å². The zero-order valence-electron chi connectivity index (χ0n) is 11.4. The van der Waals surface area contributed by atoms with Crippen LogP contribution >= 0.6 is 11.3 Å². The van der Waals surface area contributed by atoms with Crippen LogP contribution in [-0.4, -0.2) is 36.9 Å². The first kappa shape index (κ1) is 15.9. The minimum Gasteiger partial charge on any atom is -0.387 e. The maximum absolute atomic E-state index is 11.4. The van der Waals surface area contributed by atoms with Crippen LogP contribution in [-0.2, 0) is 4.74 Å². The molecule has 0 aliphatic carbocycles. The van der Waals surface area contributed by atoms with Gasteiger partial charge >= 0.3 is 6.03 Å². The van der Waals surface area contributed by atoms with Gasteiger partial charge in [0.1, 0.15) is 0 Å². The maximum atomic E-state index is 11.4. The van der Waals surface area contributed by atoms with Crippen LogP contribution < -0.4 is 10.6 Å². The topological polar surface area (TPSA) is 70.6 Å². The van der Waals surface area contributed by atoms with Crippen LogP contribution in [0.2, 0.25) is 0 Å². The van der Waals surface area contributed by atoms with Gasteiger partial charge in [-0.25, -0.2) is 4.79 Å². The molecule has 0 fully saturated rings. The van der Waals surface area contributed by atoms with Crippen LogP contribution in [0.15, 0.2) is 16.8 Å². The van der Waals surface area contributed by atoms with Gasteiger partial charge in [0.05, 0.1) is 12.2 Å². The monoisotopic (exact) mass is 286 g/mol. The fourth-order valence-corrected chi connectivity index (χ4v) is 2.13. The SMILES string of the molecule is CC(C)OCCCNC(=O)NCC(O)c1ccsc1. The highest BCUT2D eigenvalue weighted by molar-refractivity contribution is 7.07. The molecule has 0 spiro atoms. The van der Waals surface area contributed by atoms with Gasteiger partial charge in [0.25, 0.3) is 0 Å². The van der Waals surface area contributed by atoms with E-state index in [-0.39, 0.29) is 18.7 Å². The number of carbonyl (C=O) groups is 1. The summed E-state index contributed by atoms with van der Waals surface area (Å²) in [6.07, 6.45) is 0.342. The van der Waals surface area contributed by atoms with E-state index >= 15 is 0 Å². The molecular formula is C13H22N2O3S. The molecular weight excluding hydrogens is 264 g/mol. The summed E-state index contributed by atoms with van der Waals surface area (Å²) >= 11 is 1.52. The summed E-state index contributed by atoms with van der Waals surface area (Å²) in [7, 11) is 0. The molecule has 0 aliphatic heterocycles. The number of urea groups is 1. The third-order valence-electron chi connectivity index (χ3n) is 2.44.